The van der Waals surface area contributed by atoms with Gasteiger partial charge in [0, 0.05) is 37.7 Å². The summed E-state index contributed by atoms with van der Waals surface area (Å²) in [7, 11) is 1.65. The van der Waals surface area contributed by atoms with E-state index in [1.165, 1.54) is 6.42 Å². The van der Waals surface area contributed by atoms with E-state index in [1.807, 2.05) is 37.3 Å². The molecular weight excluding hydrogens is 428 g/mol. The van der Waals surface area contributed by atoms with Crippen molar-refractivity contribution in [1.29, 1.82) is 0 Å². The number of amides is 2. The Labute approximate surface area is 203 Å². The number of aryl methyl sites for hydroxylation is 1. The first-order valence-electron chi connectivity index (χ1n) is 12.4. The minimum atomic E-state index is -0.213. The van der Waals surface area contributed by atoms with Crippen LogP contribution in [0.2, 0.25) is 0 Å². The van der Waals surface area contributed by atoms with Gasteiger partial charge in [-0.25, -0.2) is 4.68 Å². The molecule has 0 spiro atoms. The lowest BCUT2D eigenvalue weighted by Crippen LogP contribution is -2.42. The van der Waals surface area contributed by atoms with E-state index in [-0.39, 0.29) is 29.7 Å². The molecule has 1 aromatic heterocycles. The van der Waals surface area contributed by atoms with E-state index < -0.39 is 0 Å². The quantitative estimate of drug-likeness (QED) is 0.533. The van der Waals surface area contributed by atoms with Crippen LogP contribution in [-0.4, -0.2) is 53.3 Å². The molecule has 1 aliphatic carbocycles. The molecule has 1 aromatic carbocycles. The van der Waals surface area contributed by atoms with E-state index in [9.17, 15) is 9.59 Å². The van der Waals surface area contributed by atoms with Crippen LogP contribution in [0.4, 0.5) is 5.82 Å². The molecule has 0 aliphatic heterocycles. The molecule has 1 fully saturated rings. The summed E-state index contributed by atoms with van der Waals surface area (Å²) in [4.78, 5) is 28.1. The molecule has 0 unspecified atom stereocenters. The molecule has 2 aromatic rings. The standard InChI is InChI=1S/C27H40N4O3/c1-20-12-14-22(15-13-20)31-24(18-23(29-31)27(2,3)4)28-25(32)19-30(16-9-17-34-5)26(33)21-10-7-6-8-11-21/h12-15,18,21H,6-11,16-17,19H2,1-5H3,(H,28,32). The Morgan fingerprint density at radius 1 is 1.15 bits per heavy atom. The second-order valence-electron chi connectivity index (χ2n) is 10.4. The molecule has 34 heavy (non-hydrogen) atoms. The highest BCUT2D eigenvalue weighted by atomic mass is 16.5. The highest BCUT2D eigenvalue weighted by molar-refractivity contribution is 5.94. The normalized spacial score (nSPS) is 14.7. The largest absolute Gasteiger partial charge is 0.385 e. The smallest absolute Gasteiger partial charge is 0.245 e. The van der Waals surface area contributed by atoms with Crippen molar-refractivity contribution < 1.29 is 14.3 Å². The number of ether oxygens (including phenoxy) is 1. The summed E-state index contributed by atoms with van der Waals surface area (Å²) in [5.74, 6) is 0.513. The van der Waals surface area contributed by atoms with Crippen molar-refractivity contribution >= 4 is 17.6 Å². The van der Waals surface area contributed by atoms with Gasteiger partial charge in [0.15, 0.2) is 0 Å². The van der Waals surface area contributed by atoms with Crippen molar-refractivity contribution in [2.24, 2.45) is 5.92 Å². The Balaban J connectivity index is 1.79. The third-order valence-corrected chi connectivity index (χ3v) is 6.40. The van der Waals surface area contributed by atoms with E-state index in [4.69, 9.17) is 9.84 Å². The first-order valence-corrected chi connectivity index (χ1v) is 12.4. The van der Waals surface area contributed by atoms with Gasteiger partial charge < -0.3 is 15.0 Å². The Bertz CT molecular complexity index is 953. The Kier molecular flexibility index (Phi) is 8.89. The minimum absolute atomic E-state index is 0.0228. The average Bonchev–Trinajstić information content (AvgIpc) is 3.23. The van der Waals surface area contributed by atoms with Crippen LogP contribution in [0.1, 0.15) is 70.6 Å². The zero-order chi connectivity index (χ0) is 24.7. The van der Waals surface area contributed by atoms with Crippen molar-refractivity contribution in [3.05, 3.63) is 41.6 Å². The van der Waals surface area contributed by atoms with Crippen LogP contribution in [0.15, 0.2) is 30.3 Å². The fourth-order valence-corrected chi connectivity index (χ4v) is 4.35. The zero-order valence-corrected chi connectivity index (χ0v) is 21.4. The maximum absolute atomic E-state index is 13.2. The van der Waals surface area contributed by atoms with Crippen molar-refractivity contribution in [3.8, 4) is 5.69 Å². The number of rotatable bonds is 9. The van der Waals surface area contributed by atoms with Crippen LogP contribution in [0.25, 0.3) is 5.69 Å². The predicted octanol–water partition coefficient (Wildman–Crippen LogP) is 4.86. The molecule has 0 saturated heterocycles. The Morgan fingerprint density at radius 2 is 1.82 bits per heavy atom. The molecule has 186 valence electrons. The van der Waals surface area contributed by atoms with E-state index in [0.717, 1.165) is 42.6 Å². The first kappa shape index (κ1) is 25.9. The summed E-state index contributed by atoms with van der Waals surface area (Å²) in [5, 5.41) is 7.82. The van der Waals surface area contributed by atoms with Gasteiger partial charge in [0.2, 0.25) is 11.8 Å². The summed E-state index contributed by atoms with van der Waals surface area (Å²) in [6.45, 7) is 9.44. The first-order chi connectivity index (χ1) is 16.2. The van der Waals surface area contributed by atoms with Gasteiger partial charge in [-0.2, -0.15) is 5.10 Å². The second-order valence-corrected chi connectivity index (χ2v) is 10.4. The number of aromatic nitrogens is 2. The second kappa shape index (κ2) is 11.6. The fourth-order valence-electron chi connectivity index (χ4n) is 4.35. The number of carbonyl (C=O) groups is 2. The number of nitrogens with one attached hydrogen (secondary N) is 1. The number of hydrogen-bond donors (Lipinski definition) is 1. The predicted molar refractivity (Wildman–Crippen MR) is 135 cm³/mol. The van der Waals surface area contributed by atoms with Gasteiger partial charge in [0.05, 0.1) is 17.9 Å². The molecule has 0 radical (unpaired) electrons. The topological polar surface area (TPSA) is 76.5 Å². The SMILES string of the molecule is COCCCN(CC(=O)Nc1cc(C(C)(C)C)nn1-c1ccc(C)cc1)C(=O)C1CCCCC1. The molecule has 1 N–H and O–H groups in total. The lowest BCUT2D eigenvalue weighted by Gasteiger charge is -2.29. The number of benzene rings is 1. The summed E-state index contributed by atoms with van der Waals surface area (Å²) >= 11 is 0. The minimum Gasteiger partial charge on any atom is -0.385 e. The fraction of sp³-hybridized carbons (Fsp3) is 0.593. The van der Waals surface area contributed by atoms with Crippen molar-refractivity contribution in [3.63, 3.8) is 0 Å². The molecular formula is C27H40N4O3. The van der Waals surface area contributed by atoms with Crippen molar-refractivity contribution in [2.45, 2.75) is 71.6 Å². The third kappa shape index (κ3) is 6.92. The van der Waals surface area contributed by atoms with Crippen molar-refractivity contribution in [1.82, 2.24) is 14.7 Å². The maximum Gasteiger partial charge on any atom is 0.245 e. The van der Waals surface area contributed by atoms with Gasteiger partial charge in [-0.1, -0.05) is 57.7 Å². The number of nitrogens with zero attached hydrogens (tertiary/aromatic N) is 3. The summed E-state index contributed by atoms with van der Waals surface area (Å²) in [6, 6.07) is 9.97. The number of hydrogen-bond acceptors (Lipinski definition) is 4. The van der Waals surface area contributed by atoms with Gasteiger partial charge in [-0.15, -0.1) is 0 Å². The highest BCUT2D eigenvalue weighted by Crippen LogP contribution is 2.27. The van der Waals surface area contributed by atoms with E-state index in [0.29, 0.717) is 25.4 Å². The zero-order valence-electron chi connectivity index (χ0n) is 21.4. The van der Waals surface area contributed by atoms with Gasteiger partial charge >= 0.3 is 0 Å². The van der Waals surface area contributed by atoms with Crippen molar-refractivity contribution in [2.75, 3.05) is 32.1 Å². The monoisotopic (exact) mass is 468 g/mol. The van der Waals surface area contributed by atoms with Gasteiger partial charge in [-0.3, -0.25) is 9.59 Å². The molecule has 3 rings (SSSR count). The molecule has 0 atom stereocenters. The summed E-state index contributed by atoms with van der Waals surface area (Å²) in [6.07, 6.45) is 5.89. The lowest BCUT2D eigenvalue weighted by atomic mass is 9.88. The van der Waals surface area contributed by atoms with Crippen LogP contribution in [0, 0.1) is 12.8 Å². The maximum atomic E-state index is 13.2. The number of carbonyl (C=O) groups excluding carboxylic acids is 2. The summed E-state index contributed by atoms with van der Waals surface area (Å²) in [5.41, 5.74) is 2.76. The number of anilines is 1. The van der Waals surface area contributed by atoms with Gasteiger partial charge in [0.25, 0.3) is 0 Å². The molecule has 0 bridgehead atoms. The molecule has 1 saturated carbocycles. The summed E-state index contributed by atoms with van der Waals surface area (Å²) < 4.78 is 6.95. The van der Waals surface area contributed by atoms with E-state index in [2.05, 4.69) is 26.1 Å². The molecule has 7 heteroatoms. The molecule has 1 aliphatic rings. The Hall–Kier alpha value is -2.67. The van der Waals surface area contributed by atoms with Gasteiger partial charge in [0.1, 0.15) is 5.82 Å². The van der Waals surface area contributed by atoms with Crippen LogP contribution < -0.4 is 5.32 Å². The van der Waals surface area contributed by atoms with Crippen LogP contribution in [0.3, 0.4) is 0 Å². The lowest BCUT2D eigenvalue weighted by molar-refractivity contribution is -0.139. The van der Waals surface area contributed by atoms with E-state index in [1.54, 1.807) is 16.7 Å². The van der Waals surface area contributed by atoms with Crippen LogP contribution in [0.5, 0.6) is 0 Å². The highest BCUT2D eigenvalue weighted by Gasteiger charge is 2.28. The number of methoxy groups -OCH3 is 1. The van der Waals surface area contributed by atoms with Crippen LogP contribution in [-0.2, 0) is 19.7 Å². The Morgan fingerprint density at radius 3 is 2.44 bits per heavy atom. The molecule has 7 nitrogen and oxygen atoms in total. The third-order valence-electron chi connectivity index (χ3n) is 6.40. The van der Waals surface area contributed by atoms with E-state index >= 15 is 0 Å². The van der Waals surface area contributed by atoms with Gasteiger partial charge in [-0.05, 0) is 38.3 Å². The molecule has 1 heterocycles. The van der Waals surface area contributed by atoms with Crippen LogP contribution >= 0.6 is 0 Å². The average molecular weight is 469 g/mol. The molecule has 2 amide bonds.